The normalized spacial score (nSPS) is 10.8. The van der Waals surface area contributed by atoms with Gasteiger partial charge in [0.05, 0.1) is 29.4 Å². The van der Waals surface area contributed by atoms with E-state index in [1.807, 2.05) is 0 Å². The maximum atomic E-state index is 12.7. The summed E-state index contributed by atoms with van der Waals surface area (Å²) in [6.45, 7) is 5.45. The molecule has 236 valence electrons. The highest BCUT2D eigenvalue weighted by molar-refractivity contribution is 6.32. The van der Waals surface area contributed by atoms with E-state index in [0.29, 0.717) is 52.7 Å². The van der Waals surface area contributed by atoms with E-state index in [-0.39, 0.29) is 22.6 Å². The highest BCUT2D eigenvalue weighted by atomic mass is 35.5. The molecule has 0 bridgehead atoms. The van der Waals surface area contributed by atoms with Gasteiger partial charge in [-0.1, -0.05) is 38.3 Å². The van der Waals surface area contributed by atoms with Gasteiger partial charge in [-0.2, -0.15) is 0 Å². The van der Waals surface area contributed by atoms with Crippen LogP contribution >= 0.6 is 11.6 Å². The summed E-state index contributed by atoms with van der Waals surface area (Å²) >= 11 is 6.43. The Morgan fingerprint density at radius 2 is 1.11 bits per heavy atom. The van der Waals surface area contributed by atoms with Crippen molar-refractivity contribution in [2.45, 2.75) is 39.5 Å². The van der Waals surface area contributed by atoms with Gasteiger partial charge < -0.3 is 23.4 Å². The summed E-state index contributed by atoms with van der Waals surface area (Å²) in [4.78, 5) is 25.3. The molecule has 0 saturated carbocycles. The molecule has 46 heavy (non-hydrogen) atoms. The third-order valence-electron chi connectivity index (χ3n) is 6.83. The number of benzene rings is 4. The molecule has 10 heteroatoms. The van der Waals surface area contributed by atoms with Gasteiger partial charge in [-0.05, 0) is 104 Å². The maximum Gasteiger partial charge on any atom is 0.343 e. The summed E-state index contributed by atoms with van der Waals surface area (Å²) in [6, 6.07) is 25.1. The van der Waals surface area contributed by atoms with E-state index in [2.05, 4.69) is 24.0 Å². The first kappa shape index (κ1) is 32.2. The molecule has 0 unspecified atom stereocenters. The Labute approximate surface area is 272 Å². The van der Waals surface area contributed by atoms with E-state index in [0.717, 1.165) is 25.7 Å². The summed E-state index contributed by atoms with van der Waals surface area (Å²) in [5, 5.41) is 8.46. The number of aromatic nitrogens is 2. The lowest BCUT2D eigenvalue weighted by molar-refractivity contribution is 0.0725. The lowest BCUT2D eigenvalue weighted by atomic mass is 10.2. The minimum atomic E-state index is -0.547. The Kier molecular flexibility index (Phi) is 11.0. The first-order valence-corrected chi connectivity index (χ1v) is 15.4. The van der Waals surface area contributed by atoms with Gasteiger partial charge in [0.15, 0.2) is 0 Å². The molecule has 5 rings (SSSR count). The molecule has 5 aromatic rings. The smallest absolute Gasteiger partial charge is 0.343 e. The number of carbonyl (C=O) groups is 2. The van der Waals surface area contributed by atoms with Gasteiger partial charge in [0.2, 0.25) is 11.8 Å². The van der Waals surface area contributed by atoms with Gasteiger partial charge in [-0.25, -0.2) is 9.59 Å². The van der Waals surface area contributed by atoms with Crippen molar-refractivity contribution in [2.24, 2.45) is 0 Å². The van der Waals surface area contributed by atoms with Crippen LogP contribution in [0.1, 0.15) is 60.2 Å². The second kappa shape index (κ2) is 15.7. The molecular weight excluding hydrogens is 608 g/mol. The summed E-state index contributed by atoms with van der Waals surface area (Å²) in [6.07, 6.45) is 4.02. The molecule has 0 fully saturated rings. The van der Waals surface area contributed by atoms with Crippen LogP contribution in [-0.4, -0.2) is 35.3 Å². The van der Waals surface area contributed by atoms with Crippen molar-refractivity contribution in [3.63, 3.8) is 0 Å². The molecule has 0 atom stereocenters. The van der Waals surface area contributed by atoms with Crippen LogP contribution in [0, 0.1) is 0 Å². The summed E-state index contributed by atoms with van der Waals surface area (Å²) in [5.74, 6) is 1.42. The average Bonchev–Trinajstić information content (AvgIpc) is 3.57. The van der Waals surface area contributed by atoms with E-state index in [9.17, 15) is 9.59 Å². The third-order valence-corrected chi connectivity index (χ3v) is 7.13. The predicted molar refractivity (Wildman–Crippen MR) is 174 cm³/mol. The number of unbranched alkanes of at least 4 members (excludes halogenated alkanes) is 2. The number of carbonyl (C=O) groups excluding carboxylic acids is 2. The molecule has 0 N–H and O–H groups in total. The van der Waals surface area contributed by atoms with Crippen LogP contribution in [0.2, 0.25) is 5.02 Å². The molecular formula is C36H33ClN2O7. The van der Waals surface area contributed by atoms with Crippen molar-refractivity contribution >= 4 is 23.5 Å². The molecule has 0 saturated heterocycles. The Balaban J connectivity index is 1.17. The number of halogens is 1. The van der Waals surface area contributed by atoms with E-state index < -0.39 is 11.9 Å². The fourth-order valence-corrected chi connectivity index (χ4v) is 4.43. The second-order valence-electron chi connectivity index (χ2n) is 10.3. The van der Waals surface area contributed by atoms with Crippen LogP contribution in [0.5, 0.6) is 23.0 Å². The van der Waals surface area contributed by atoms with Crippen molar-refractivity contribution < 1.29 is 33.0 Å². The van der Waals surface area contributed by atoms with Crippen molar-refractivity contribution in [1.82, 2.24) is 10.2 Å². The van der Waals surface area contributed by atoms with E-state index in [1.165, 1.54) is 0 Å². The average molecular weight is 641 g/mol. The molecule has 4 aromatic carbocycles. The number of esters is 2. The molecule has 1 heterocycles. The number of nitrogens with zero attached hydrogens (tertiary/aromatic N) is 2. The van der Waals surface area contributed by atoms with E-state index in [4.69, 9.17) is 35.0 Å². The summed E-state index contributed by atoms with van der Waals surface area (Å²) < 4.78 is 28.2. The predicted octanol–water partition coefficient (Wildman–Crippen LogP) is 8.85. The number of rotatable bonds is 14. The highest BCUT2D eigenvalue weighted by Crippen LogP contribution is 2.32. The van der Waals surface area contributed by atoms with Crippen LogP contribution in [0.3, 0.4) is 0 Å². The maximum absolute atomic E-state index is 12.7. The Hall–Kier alpha value is -5.15. The first-order valence-electron chi connectivity index (χ1n) is 15.1. The molecule has 0 radical (unpaired) electrons. The molecule has 9 nitrogen and oxygen atoms in total. The third kappa shape index (κ3) is 8.51. The monoisotopic (exact) mass is 640 g/mol. The van der Waals surface area contributed by atoms with Gasteiger partial charge in [0, 0.05) is 11.1 Å². The van der Waals surface area contributed by atoms with Crippen LogP contribution in [0.4, 0.5) is 0 Å². The fourth-order valence-electron chi connectivity index (χ4n) is 4.21. The Morgan fingerprint density at radius 1 is 0.630 bits per heavy atom. The van der Waals surface area contributed by atoms with E-state index in [1.54, 1.807) is 91.0 Å². The van der Waals surface area contributed by atoms with Gasteiger partial charge in [0.1, 0.15) is 23.0 Å². The van der Waals surface area contributed by atoms with Gasteiger partial charge in [0.25, 0.3) is 0 Å². The van der Waals surface area contributed by atoms with Gasteiger partial charge in [-0.15, -0.1) is 10.2 Å². The van der Waals surface area contributed by atoms with Crippen molar-refractivity contribution in [3.05, 3.63) is 107 Å². The largest absolute Gasteiger partial charge is 0.494 e. The standard InChI is InChI=1S/C36H33ClN2O7/c1-3-5-21-42-28-14-9-25(10-15-28)35(40)44-30-18-7-24(8-19-30)33-38-39-34(46-33)27-13-20-32(31(37)23-27)45-36(41)26-11-16-29(17-12-26)43-22-6-4-2/h7-20,23H,3-6,21-22H2,1-2H3. The lowest BCUT2D eigenvalue weighted by Crippen LogP contribution is -2.08. The highest BCUT2D eigenvalue weighted by Gasteiger charge is 2.16. The zero-order valence-electron chi connectivity index (χ0n) is 25.5. The number of hydrogen-bond acceptors (Lipinski definition) is 9. The zero-order valence-corrected chi connectivity index (χ0v) is 26.3. The van der Waals surface area contributed by atoms with Gasteiger partial charge >= 0.3 is 11.9 Å². The molecule has 0 spiro atoms. The second-order valence-corrected chi connectivity index (χ2v) is 10.7. The minimum Gasteiger partial charge on any atom is -0.494 e. The molecule has 0 aliphatic heterocycles. The molecule has 1 aromatic heterocycles. The number of ether oxygens (including phenoxy) is 4. The lowest BCUT2D eigenvalue weighted by Gasteiger charge is -2.08. The first-order chi connectivity index (χ1) is 22.4. The van der Waals surface area contributed by atoms with Crippen molar-refractivity contribution in [3.8, 4) is 45.9 Å². The molecule has 0 aliphatic rings. The molecule has 0 amide bonds. The van der Waals surface area contributed by atoms with Crippen LogP contribution in [0.15, 0.2) is 95.4 Å². The van der Waals surface area contributed by atoms with Crippen LogP contribution in [0.25, 0.3) is 22.9 Å². The quantitative estimate of drug-likeness (QED) is 0.0667. The van der Waals surface area contributed by atoms with E-state index >= 15 is 0 Å². The van der Waals surface area contributed by atoms with Gasteiger partial charge in [-0.3, -0.25) is 0 Å². The Morgan fingerprint density at radius 3 is 1.63 bits per heavy atom. The number of hydrogen-bond donors (Lipinski definition) is 0. The van der Waals surface area contributed by atoms with Crippen LogP contribution < -0.4 is 18.9 Å². The minimum absolute atomic E-state index is 0.194. The zero-order chi connectivity index (χ0) is 32.3. The van der Waals surface area contributed by atoms with Crippen molar-refractivity contribution in [1.29, 1.82) is 0 Å². The van der Waals surface area contributed by atoms with Crippen LogP contribution in [-0.2, 0) is 0 Å². The van der Waals surface area contributed by atoms with Crippen molar-refractivity contribution in [2.75, 3.05) is 13.2 Å². The fraction of sp³-hybridized carbons (Fsp3) is 0.222. The SMILES string of the molecule is CCCCOc1ccc(C(=O)Oc2ccc(-c3nnc(-c4ccc(OC(=O)c5ccc(OCCCC)cc5)c(Cl)c4)o3)cc2)cc1. The molecule has 0 aliphatic carbocycles. The Bertz CT molecular complexity index is 1750. The topological polar surface area (TPSA) is 110 Å². The summed E-state index contributed by atoms with van der Waals surface area (Å²) in [7, 11) is 0. The summed E-state index contributed by atoms with van der Waals surface area (Å²) in [5.41, 5.74) is 1.96.